The van der Waals surface area contributed by atoms with Gasteiger partial charge < -0.3 is 10.6 Å². The molecule has 0 radical (unpaired) electrons. The maximum atomic E-state index is 11.8. The molecule has 3 nitrogen and oxygen atoms in total. The van der Waals surface area contributed by atoms with Crippen molar-refractivity contribution < 1.29 is 4.79 Å². The predicted octanol–water partition coefficient (Wildman–Crippen LogP) is 3.88. The van der Waals surface area contributed by atoms with E-state index in [1.54, 1.807) is 0 Å². The fraction of sp³-hybridized carbons (Fsp3) is 0.667. The third-order valence-corrected chi connectivity index (χ3v) is 5.42. The van der Waals surface area contributed by atoms with Gasteiger partial charge in [-0.15, -0.1) is 11.3 Å². The van der Waals surface area contributed by atoms with Crippen LogP contribution < -0.4 is 10.6 Å². The Morgan fingerprint density at radius 3 is 3.00 bits per heavy atom. The second-order valence-corrected chi connectivity index (χ2v) is 7.84. The number of rotatable bonds is 7. The Bertz CT molecular complexity index is 459. The second kappa shape index (κ2) is 8.99. The van der Waals surface area contributed by atoms with E-state index in [0.717, 1.165) is 48.8 Å². The highest BCUT2D eigenvalue weighted by Crippen LogP contribution is 2.31. The molecule has 118 valence electrons. The maximum Gasteiger partial charge on any atom is 0.220 e. The summed E-state index contributed by atoms with van der Waals surface area (Å²) >= 11 is 13.3. The van der Waals surface area contributed by atoms with Crippen LogP contribution in [0.1, 0.15) is 37.7 Å². The van der Waals surface area contributed by atoms with E-state index < -0.39 is 0 Å². The van der Waals surface area contributed by atoms with E-state index in [-0.39, 0.29) is 5.91 Å². The predicted molar refractivity (Wildman–Crippen MR) is 90.5 cm³/mol. The molecule has 0 spiro atoms. The highest BCUT2D eigenvalue weighted by molar-refractivity contribution is 7.20. The smallest absolute Gasteiger partial charge is 0.220 e. The quantitative estimate of drug-likeness (QED) is 0.784. The van der Waals surface area contributed by atoms with Crippen LogP contribution in [0, 0.1) is 5.92 Å². The van der Waals surface area contributed by atoms with Gasteiger partial charge in [-0.05, 0) is 62.7 Å². The van der Waals surface area contributed by atoms with Crippen LogP contribution in [-0.4, -0.2) is 25.5 Å². The van der Waals surface area contributed by atoms with Crippen molar-refractivity contribution in [1.82, 2.24) is 10.6 Å². The summed E-state index contributed by atoms with van der Waals surface area (Å²) < 4.78 is 1.45. The Morgan fingerprint density at radius 2 is 2.33 bits per heavy atom. The molecule has 2 N–H and O–H groups in total. The first-order chi connectivity index (χ1) is 10.1. The summed E-state index contributed by atoms with van der Waals surface area (Å²) in [5.41, 5.74) is 1.05. The van der Waals surface area contributed by atoms with E-state index in [2.05, 4.69) is 10.6 Å². The number of piperidine rings is 1. The summed E-state index contributed by atoms with van der Waals surface area (Å²) in [6.45, 7) is 3.02. The van der Waals surface area contributed by atoms with E-state index >= 15 is 0 Å². The Hall–Kier alpha value is -0.290. The number of aryl methyl sites for hydroxylation is 1. The van der Waals surface area contributed by atoms with Crippen molar-refractivity contribution in [1.29, 1.82) is 0 Å². The molecule has 1 amide bonds. The number of nitrogens with one attached hydrogen (secondary N) is 2. The van der Waals surface area contributed by atoms with Crippen LogP contribution in [0.4, 0.5) is 0 Å². The van der Waals surface area contributed by atoms with E-state index in [9.17, 15) is 4.79 Å². The van der Waals surface area contributed by atoms with Crippen molar-refractivity contribution in [2.24, 2.45) is 5.92 Å². The molecular weight excluding hydrogens is 327 g/mol. The van der Waals surface area contributed by atoms with Crippen LogP contribution in [0.2, 0.25) is 8.67 Å². The van der Waals surface area contributed by atoms with Gasteiger partial charge in [-0.3, -0.25) is 4.79 Å². The van der Waals surface area contributed by atoms with Crippen LogP contribution in [0.15, 0.2) is 6.07 Å². The molecule has 1 aromatic rings. The minimum Gasteiger partial charge on any atom is -0.356 e. The van der Waals surface area contributed by atoms with Gasteiger partial charge in [0.2, 0.25) is 5.91 Å². The largest absolute Gasteiger partial charge is 0.356 e. The lowest BCUT2D eigenvalue weighted by atomic mass is 9.96. The lowest BCUT2D eigenvalue weighted by Gasteiger charge is -2.22. The number of thiophene rings is 1. The fourth-order valence-corrected chi connectivity index (χ4v) is 4.20. The SMILES string of the molecule is O=C(CCCc1cc(Cl)sc1Cl)NCCC1CCCNC1. The minimum atomic E-state index is 0.135. The number of hydrogen-bond donors (Lipinski definition) is 2. The van der Waals surface area contributed by atoms with Gasteiger partial charge in [0.1, 0.15) is 0 Å². The van der Waals surface area contributed by atoms with Crippen molar-refractivity contribution in [3.05, 3.63) is 20.3 Å². The van der Waals surface area contributed by atoms with E-state index in [0.29, 0.717) is 16.7 Å². The van der Waals surface area contributed by atoms with Crippen molar-refractivity contribution in [2.75, 3.05) is 19.6 Å². The second-order valence-electron chi connectivity index (χ2n) is 5.55. The molecule has 1 aliphatic heterocycles. The highest BCUT2D eigenvalue weighted by atomic mass is 35.5. The summed E-state index contributed by atoms with van der Waals surface area (Å²) in [5.74, 6) is 0.849. The summed E-state index contributed by atoms with van der Waals surface area (Å²) in [7, 11) is 0. The molecule has 6 heteroatoms. The third-order valence-electron chi connectivity index (χ3n) is 3.85. The molecule has 1 saturated heterocycles. The summed E-state index contributed by atoms with van der Waals surface area (Å²) in [6, 6.07) is 1.89. The molecule has 1 fully saturated rings. The fourth-order valence-electron chi connectivity index (χ4n) is 2.66. The minimum absolute atomic E-state index is 0.135. The molecule has 0 saturated carbocycles. The standard InChI is InChI=1S/C15H22Cl2N2OS/c16-13-9-12(15(17)21-13)4-1-5-14(20)19-8-6-11-3-2-7-18-10-11/h9,11,18H,1-8,10H2,(H,19,20). The molecule has 1 atom stereocenters. The first kappa shape index (κ1) is 17.1. The number of carbonyl (C=O) groups excluding carboxylic acids is 1. The molecule has 1 aliphatic rings. The molecule has 1 aromatic heterocycles. The molecule has 2 heterocycles. The zero-order valence-electron chi connectivity index (χ0n) is 12.1. The molecular formula is C15H22Cl2N2OS. The Balaban J connectivity index is 1.56. The molecule has 0 aromatic carbocycles. The topological polar surface area (TPSA) is 41.1 Å². The van der Waals surface area contributed by atoms with E-state index in [1.807, 2.05) is 6.07 Å². The van der Waals surface area contributed by atoms with Crippen molar-refractivity contribution in [3.8, 4) is 0 Å². The van der Waals surface area contributed by atoms with Crippen molar-refractivity contribution in [2.45, 2.75) is 38.5 Å². The number of carbonyl (C=O) groups is 1. The van der Waals surface area contributed by atoms with Crippen LogP contribution in [0.25, 0.3) is 0 Å². The zero-order chi connectivity index (χ0) is 15.1. The third kappa shape index (κ3) is 6.15. The zero-order valence-corrected chi connectivity index (χ0v) is 14.4. The first-order valence-corrected chi connectivity index (χ1v) is 9.13. The van der Waals surface area contributed by atoms with Gasteiger partial charge in [-0.1, -0.05) is 23.2 Å². The van der Waals surface area contributed by atoms with Gasteiger partial charge in [-0.2, -0.15) is 0 Å². The van der Waals surface area contributed by atoms with Gasteiger partial charge in [-0.25, -0.2) is 0 Å². The lowest BCUT2D eigenvalue weighted by Crippen LogP contribution is -2.33. The van der Waals surface area contributed by atoms with Crippen LogP contribution in [-0.2, 0) is 11.2 Å². The summed E-state index contributed by atoms with van der Waals surface area (Å²) in [4.78, 5) is 11.8. The van der Waals surface area contributed by atoms with Crippen LogP contribution in [0.3, 0.4) is 0 Å². The van der Waals surface area contributed by atoms with Gasteiger partial charge in [0.15, 0.2) is 0 Å². The molecule has 21 heavy (non-hydrogen) atoms. The number of amides is 1. The first-order valence-electron chi connectivity index (χ1n) is 7.56. The normalized spacial score (nSPS) is 18.7. The van der Waals surface area contributed by atoms with E-state index in [4.69, 9.17) is 23.2 Å². The number of hydrogen-bond acceptors (Lipinski definition) is 3. The van der Waals surface area contributed by atoms with Crippen molar-refractivity contribution >= 4 is 40.4 Å². The Labute approximate surface area is 140 Å². The average Bonchev–Trinajstić information content (AvgIpc) is 2.78. The van der Waals surface area contributed by atoms with E-state index in [1.165, 1.54) is 24.2 Å². The molecule has 1 unspecified atom stereocenters. The van der Waals surface area contributed by atoms with Crippen LogP contribution >= 0.6 is 34.5 Å². The average molecular weight is 349 g/mol. The Kier molecular flexibility index (Phi) is 7.30. The molecule has 0 aliphatic carbocycles. The maximum absolute atomic E-state index is 11.8. The van der Waals surface area contributed by atoms with Gasteiger partial charge in [0.05, 0.1) is 8.67 Å². The van der Waals surface area contributed by atoms with Gasteiger partial charge in [0.25, 0.3) is 0 Å². The molecule has 2 rings (SSSR count). The number of halogens is 2. The van der Waals surface area contributed by atoms with Crippen molar-refractivity contribution in [3.63, 3.8) is 0 Å². The van der Waals surface area contributed by atoms with Crippen LogP contribution in [0.5, 0.6) is 0 Å². The Morgan fingerprint density at radius 1 is 1.48 bits per heavy atom. The monoisotopic (exact) mass is 348 g/mol. The van der Waals surface area contributed by atoms with Gasteiger partial charge >= 0.3 is 0 Å². The van der Waals surface area contributed by atoms with Gasteiger partial charge in [0, 0.05) is 13.0 Å². The lowest BCUT2D eigenvalue weighted by molar-refractivity contribution is -0.121. The molecule has 0 bridgehead atoms. The summed E-state index contributed by atoms with van der Waals surface area (Å²) in [5, 5.41) is 6.41. The highest BCUT2D eigenvalue weighted by Gasteiger charge is 2.13. The summed E-state index contributed by atoms with van der Waals surface area (Å²) in [6.07, 6.45) is 5.77.